The van der Waals surface area contributed by atoms with Gasteiger partial charge in [-0.25, -0.2) is 0 Å². The summed E-state index contributed by atoms with van der Waals surface area (Å²) in [6.07, 6.45) is -5.76. The van der Waals surface area contributed by atoms with Gasteiger partial charge in [0.25, 0.3) is 0 Å². The van der Waals surface area contributed by atoms with Gasteiger partial charge in [0.1, 0.15) is 0 Å². The fourth-order valence-electron chi connectivity index (χ4n) is 6.87. The molecule has 15 heteroatoms. The zero-order valence-electron chi connectivity index (χ0n) is 29.7. The Morgan fingerprint density at radius 1 is 0.617 bits per heavy atom. The molecule has 2 aliphatic rings. The van der Waals surface area contributed by atoms with Crippen molar-refractivity contribution in [3.05, 3.63) is 0 Å². The van der Waals surface area contributed by atoms with Crippen molar-refractivity contribution in [2.45, 2.75) is 143 Å². The van der Waals surface area contributed by atoms with Crippen molar-refractivity contribution in [1.29, 1.82) is 0 Å². The fraction of sp³-hybridized carbons (Fsp3) is 0.938. The van der Waals surface area contributed by atoms with Crippen LogP contribution in [0.15, 0.2) is 9.98 Å². The van der Waals surface area contributed by atoms with E-state index in [9.17, 15) is 26.3 Å². The van der Waals surface area contributed by atoms with Crippen LogP contribution in [-0.2, 0) is 19.7 Å². The predicted molar refractivity (Wildman–Crippen MR) is 192 cm³/mol. The van der Waals surface area contributed by atoms with E-state index < -0.39 is 40.8 Å². The topological polar surface area (TPSA) is 43.2 Å². The number of nitrogens with zero attached hydrogens (tertiary/aromatic N) is 2. The van der Waals surface area contributed by atoms with Crippen LogP contribution in [0.25, 0.3) is 0 Å². The molecule has 2 aliphatic carbocycles. The Kier molecular flexibility index (Phi) is 19.6. The monoisotopic (exact) mass is 888 g/mol. The zero-order chi connectivity index (χ0) is 36.4. The van der Waals surface area contributed by atoms with Crippen LogP contribution in [0.5, 0.6) is 0 Å². The van der Waals surface area contributed by atoms with Crippen LogP contribution in [0.1, 0.15) is 79.1 Å². The second-order valence-corrected chi connectivity index (χ2v) is 29.6. The summed E-state index contributed by atoms with van der Waals surface area (Å²) in [5, 5.41) is 0. The number of aliphatic imine (C=N–C) groups is 2. The van der Waals surface area contributed by atoms with Crippen molar-refractivity contribution < 1.29 is 46.1 Å². The van der Waals surface area contributed by atoms with Gasteiger partial charge in [0.05, 0.1) is 35.3 Å². The van der Waals surface area contributed by atoms with E-state index in [0.717, 1.165) is 11.4 Å². The van der Waals surface area contributed by atoms with E-state index in [-0.39, 0.29) is 61.4 Å². The summed E-state index contributed by atoms with van der Waals surface area (Å²) in [4.78, 5) is 10.4. The van der Waals surface area contributed by atoms with Gasteiger partial charge in [-0.1, -0.05) is 27.7 Å². The van der Waals surface area contributed by atoms with Crippen LogP contribution in [0.4, 0.5) is 26.3 Å². The first-order valence-electron chi connectivity index (χ1n) is 16.8. The molecule has 0 saturated heterocycles. The van der Waals surface area contributed by atoms with Gasteiger partial charge in [-0.05, 0) is 114 Å². The second kappa shape index (κ2) is 20.1. The standard InChI is InChI=1S/C32H58F6N2O2Si2.2BrH.Ni/c1-21-17-25(31(33,34)35)18-22(2)29(21)39-27(13-11-15-41-43(5,6)7)28(14-12-16-42-44(8,9)10)40-30-23(3)19-26(20-24(30)4)32(36,37)38;;;/h21-26,29-30H,11-20H2,1-10H3;2*1H;/q;;;+2/p-2. The van der Waals surface area contributed by atoms with Gasteiger partial charge in [-0.3, -0.25) is 9.98 Å². The van der Waals surface area contributed by atoms with Crippen molar-refractivity contribution in [3.63, 3.8) is 0 Å². The molecule has 0 N–H and O–H groups in total. The van der Waals surface area contributed by atoms with Crippen LogP contribution >= 0.6 is 28.5 Å². The Morgan fingerprint density at radius 2 is 0.872 bits per heavy atom. The SMILES string of the molecule is CC1CC(C(F)(F)F)CC(C)C1N=C(CCCO[Si](C)(C)C)C(CCCO[Si](C)(C)C)=NC1C(C)CC(C(F)(F)F)CC1C.[Br][Ni][Br]. The molecule has 0 heterocycles. The third-order valence-electron chi connectivity index (χ3n) is 9.01. The molecule has 0 radical (unpaired) electrons. The summed E-state index contributed by atoms with van der Waals surface area (Å²) in [6.45, 7) is 21.3. The van der Waals surface area contributed by atoms with Crippen molar-refractivity contribution in [2.75, 3.05) is 13.2 Å². The number of alkyl halides is 6. The Bertz CT molecular complexity index is 893. The molecule has 4 atom stereocenters. The number of halogens is 8. The van der Waals surface area contributed by atoms with E-state index in [1.165, 1.54) is 10.9 Å². The minimum atomic E-state index is -4.22. The van der Waals surface area contributed by atoms with Gasteiger partial charge in [0.15, 0.2) is 16.6 Å². The Labute approximate surface area is 302 Å². The third kappa shape index (κ3) is 17.7. The summed E-state index contributed by atoms with van der Waals surface area (Å²) in [5.74, 6) is -3.68. The summed E-state index contributed by atoms with van der Waals surface area (Å²) in [7, 11) is -2.24. The van der Waals surface area contributed by atoms with Crippen LogP contribution in [0.3, 0.4) is 0 Å². The first-order chi connectivity index (χ1) is 21.4. The molecular weight excluding hydrogens is 833 g/mol. The summed E-state index contributed by atoms with van der Waals surface area (Å²) < 4.78 is 94.1. The normalized spacial score (nSPS) is 30.3. The molecule has 0 aromatic rings. The van der Waals surface area contributed by atoms with Crippen molar-refractivity contribution in [3.8, 4) is 0 Å². The third-order valence-corrected chi connectivity index (χ3v) is 11.2. The van der Waals surface area contributed by atoms with E-state index in [1.54, 1.807) is 0 Å². The molecule has 0 amide bonds. The Morgan fingerprint density at radius 3 is 1.09 bits per heavy atom. The van der Waals surface area contributed by atoms with E-state index >= 15 is 0 Å². The first-order valence-corrected chi connectivity index (χ1v) is 28.5. The van der Waals surface area contributed by atoms with Gasteiger partial charge < -0.3 is 8.85 Å². The average molecular weight is 891 g/mol. The maximum atomic E-state index is 13.7. The Balaban J connectivity index is 0.00000354. The average Bonchev–Trinajstić information content (AvgIpc) is 2.88. The number of hydrogen-bond acceptors (Lipinski definition) is 4. The summed E-state index contributed by atoms with van der Waals surface area (Å²) in [6, 6.07) is -0.554. The molecule has 2 saturated carbocycles. The van der Waals surface area contributed by atoms with E-state index in [4.69, 9.17) is 18.8 Å². The van der Waals surface area contributed by atoms with Crippen molar-refractivity contribution in [1.82, 2.24) is 0 Å². The molecule has 4 nitrogen and oxygen atoms in total. The fourth-order valence-corrected chi connectivity index (χ4v) is 8.39. The molecule has 282 valence electrons. The molecular formula is C32H58Br2F6N2NiO2Si2. The van der Waals surface area contributed by atoms with Gasteiger partial charge in [-0.2, -0.15) is 26.3 Å². The van der Waals surface area contributed by atoms with E-state index in [0.29, 0.717) is 38.9 Å². The van der Waals surface area contributed by atoms with Crippen LogP contribution in [-0.4, -0.2) is 65.7 Å². The van der Waals surface area contributed by atoms with Crippen LogP contribution in [0, 0.1) is 35.5 Å². The van der Waals surface area contributed by atoms with Crippen molar-refractivity contribution in [2.24, 2.45) is 45.5 Å². The number of rotatable bonds is 13. The second-order valence-electron chi connectivity index (χ2n) is 15.6. The number of hydrogen-bond donors (Lipinski definition) is 0. The van der Waals surface area contributed by atoms with Crippen LogP contribution in [0.2, 0.25) is 39.3 Å². The molecule has 0 bridgehead atoms. The van der Waals surface area contributed by atoms with Gasteiger partial charge in [0.2, 0.25) is 0 Å². The molecule has 0 spiro atoms. The van der Waals surface area contributed by atoms with Gasteiger partial charge >= 0.3 is 51.7 Å². The van der Waals surface area contributed by atoms with Crippen LogP contribution < -0.4 is 0 Å². The van der Waals surface area contributed by atoms with Crippen molar-refractivity contribution >= 4 is 56.5 Å². The summed E-state index contributed by atoms with van der Waals surface area (Å²) in [5.41, 5.74) is 1.56. The van der Waals surface area contributed by atoms with Gasteiger partial charge in [-0.15, -0.1) is 0 Å². The zero-order valence-corrected chi connectivity index (χ0v) is 35.9. The van der Waals surface area contributed by atoms with E-state index in [1.807, 2.05) is 27.7 Å². The molecule has 0 aromatic heterocycles. The molecule has 0 aliphatic heterocycles. The summed E-state index contributed by atoms with van der Waals surface area (Å²) >= 11 is 6.00. The molecule has 2 rings (SSSR count). The Hall–Kier alpha value is 0.727. The predicted octanol–water partition coefficient (Wildman–Crippen LogP) is 12.0. The molecule has 47 heavy (non-hydrogen) atoms. The molecule has 0 aromatic carbocycles. The minimum absolute atomic E-state index is 0.0417. The van der Waals surface area contributed by atoms with E-state index in [2.05, 4.69) is 67.7 Å². The first kappa shape index (κ1) is 45.7. The molecule has 4 unspecified atom stereocenters. The maximum absolute atomic E-state index is 13.7. The molecule has 2 fully saturated rings. The quantitative estimate of drug-likeness (QED) is 0.0800. The van der Waals surface area contributed by atoms with Gasteiger partial charge in [0, 0.05) is 13.2 Å².